The largest absolute Gasteiger partial charge is 0.368 e. The number of piperazine rings is 1. The summed E-state index contributed by atoms with van der Waals surface area (Å²) >= 11 is 0. The zero-order valence-electron chi connectivity index (χ0n) is 10.8. The Kier molecular flexibility index (Phi) is 3.84. The van der Waals surface area contributed by atoms with Crippen LogP contribution < -0.4 is 4.90 Å². The van der Waals surface area contributed by atoms with Gasteiger partial charge in [-0.25, -0.2) is 4.39 Å². The van der Waals surface area contributed by atoms with Crippen molar-refractivity contribution < 1.29 is 9.18 Å². The first-order chi connectivity index (χ1) is 8.58. The van der Waals surface area contributed by atoms with Gasteiger partial charge >= 0.3 is 0 Å². The maximum atomic E-state index is 13.1. The van der Waals surface area contributed by atoms with Crippen LogP contribution in [0.5, 0.6) is 0 Å². The lowest BCUT2D eigenvalue weighted by atomic mass is 10.1. The number of amides is 1. The van der Waals surface area contributed by atoms with Crippen LogP contribution in [-0.2, 0) is 4.79 Å². The summed E-state index contributed by atoms with van der Waals surface area (Å²) in [5.74, 6) is -0.101. The molecule has 0 aliphatic carbocycles. The van der Waals surface area contributed by atoms with Crippen molar-refractivity contribution in [3.05, 3.63) is 30.1 Å². The molecule has 0 atom stereocenters. The molecule has 1 aliphatic heterocycles. The van der Waals surface area contributed by atoms with Crippen LogP contribution in [0.25, 0.3) is 0 Å². The topological polar surface area (TPSA) is 23.6 Å². The third kappa shape index (κ3) is 2.81. The minimum absolute atomic E-state index is 0.0420. The number of hydrogen-bond donors (Lipinski definition) is 0. The van der Waals surface area contributed by atoms with Gasteiger partial charge in [-0.2, -0.15) is 0 Å². The lowest BCUT2D eigenvalue weighted by molar-refractivity contribution is -0.134. The summed E-state index contributed by atoms with van der Waals surface area (Å²) in [6.45, 7) is 6.74. The maximum Gasteiger partial charge on any atom is 0.225 e. The molecule has 1 amide bonds. The fourth-order valence-corrected chi connectivity index (χ4v) is 2.17. The molecule has 4 heteroatoms. The fourth-order valence-electron chi connectivity index (χ4n) is 2.17. The highest BCUT2D eigenvalue weighted by Crippen LogP contribution is 2.17. The minimum atomic E-state index is -0.340. The Morgan fingerprint density at radius 1 is 1.33 bits per heavy atom. The van der Waals surface area contributed by atoms with Crippen molar-refractivity contribution in [3.63, 3.8) is 0 Å². The van der Waals surface area contributed by atoms with Crippen LogP contribution in [0.3, 0.4) is 0 Å². The molecule has 0 aromatic heterocycles. The van der Waals surface area contributed by atoms with E-state index in [-0.39, 0.29) is 17.6 Å². The average Bonchev–Trinajstić information content (AvgIpc) is 2.38. The van der Waals surface area contributed by atoms with E-state index in [0.29, 0.717) is 13.1 Å². The molecule has 3 nitrogen and oxygen atoms in total. The lowest BCUT2D eigenvalue weighted by Crippen LogP contribution is -2.49. The van der Waals surface area contributed by atoms with Gasteiger partial charge in [-0.1, -0.05) is 13.8 Å². The summed E-state index contributed by atoms with van der Waals surface area (Å²) in [5.41, 5.74) is 0.864. The molecule has 97 valence electrons. The second-order valence-corrected chi connectivity index (χ2v) is 4.86. The van der Waals surface area contributed by atoms with Gasteiger partial charge in [-0.3, -0.25) is 4.79 Å². The summed E-state index contributed by atoms with van der Waals surface area (Å²) < 4.78 is 13.1. The molecular weight excluding hydrogens is 231 g/mol. The van der Waals surface area contributed by atoms with E-state index in [0.717, 1.165) is 18.8 Å². The molecule has 0 saturated carbocycles. The van der Waals surface area contributed by atoms with Crippen LogP contribution in [0.4, 0.5) is 10.1 Å². The van der Waals surface area contributed by atoms with Crippen LogP contribution in [0.1, 0.15) is 13.8 Å². The summed E-state index contributed by atoms with van der Waals surface area (Å²) in [6.07, 6.45) is 0. The predicted octanol–water partition coefficient (Wildman–Crippen LogP) is 1.93. The summed E-state index contributed by atoms with van der Waals surface area (Å²) in [6, 6.07) is 7.42. The highest BCUT2D eigenvalue weighted by Gasteiger charge is 2.22. The zero-order valence-corrected chi connectivity index (χ0v) is 10.8. The van der Waals surface area contributed by atoms with E-state index < -0.39 is 0 Å². The number of benzene rings is 1. The van der Waals surface area contributed by atoms with E-state index in [1.54, 1.807) is 6.07 Å². The number of carbonyl (C=O) groups excluding carboxylic acids is 1. The monoisotopic (exact) mass is 249 g/mol. The molecule has 2 rings (SSSR count). The lowest BCUT2D eigenvalue weighted by Gasteiger charge is -2.36. The van der Waals surface area contributed by atoms with Gasteiger partial charge in [-0.05, 0) is 18.2 Å². The Hall–Kier alpha value is -1.58. The Labute approximate surface area is 107 Å². The molecule has 1 fully saturated rings. The van der Waals surface area contributed by atoms with Gasteiger partial charge in [-0.15, -0.1) is 0 Å². The molecule has 1 saturated heterocycles. The molecule has 1 radical (unpaired) electrons. The summed E-state index contributed by atoms with van der Waals surface area (Å²) in [4.78, 5) is 15.8. The molecule has 18 heavy (non-hydrogen) atoms. The van der Waals surface area contributed by atoms with Crippen LogP contribution in [0, 0.1) is 17.8 Å². The van der Waals surface area contributed by atoms with Crippen molar-refractivity contribution in [2.75, 3.05) is 31.1 Å². The standard InChI is InChI=1S/C14H18FN2O/c1-11(2)14(18)17-8-6-16(7-9-17)13-5-3-4-12(15)10-13/h3,5,10-11H,6-9H2,1-2H3. The molecule has 0 unspecified atom stereocenters. The molecule has 0 spiro atoms. The quantitative estimate of drug-likeness (QED) is 0.799. The second kappa shape index (κ2) is 5.38. The van der Waals surface area contributed by atoms with E-state index in [2.05, 4.69) is 11.0 Å². The van der Waals surface area contributed by atoms with Crippen LogP contribution in [0.15, 0.2) is 18.2 Å². The van der Waals surface area contributed by atoms with Gasteiger partial charge in [0.25, 0.3) is 0 Å². The van der Waals surface area contributed by atoms with E-state index in [9.17, 15) is 9.18 Å². The number of halogens is 1. The first-order valence-corrected chi connectivity index (χ1v) is 6.29. The number of carbonyl (C=O) groups is 1. The van der Waals surface area contributed by atoms with Gasteiger partial charge in [0.05, 0.1) is 0 Å². The molecular formula is C14H18FN2O. The van der Waals surface area contributed by atoms with E-state index >= 15 is 0 Å². The predicted molar refractivity (Wildman–Crippen MR) is 68.9 cm³/mol. The number of anilines is 1. The maximum absolute atomic E-state index is 13.1. The number of rotatable bonds is 2. The van der Waals surface area contributed by atoms with E-state index in [1.165, 1.54) is 6.07 Å². The average molecular weight is 249 g/mol. The zero-order chi connectivity index (χ0) is 13.1. The number of hydrogen-bond acceptors (Lipinski definition) is 2. The van der Waals surface area contributed by atoms with Crippen molar-refractivity contribution in [2.45, 2.75) is 13.8 Å². The van der Waals surface area contributed by atoms with Gasteiger partial charge in [0, 0.05) is 43.9 Å². The van der Waals surface area contributed by atoms with Crippen molar-refractivity contribution in [3.8, 4) is 0 Å². The molecule has 1 heterocycles. The molecule has 1 aromatic rings. The van der Waals surface area contributed by atoms with Crippen molar-refractivity contribution >= 4 is 11.6 Å². The third-order valence-corrected chi connectivity index (χ3v) is 3.20. The van der Waals surface area contributed by atoms with Crippen LogP contribution >= 0.6 is 0 Å². The molecule has 1 aliphatic rings. The Morgan fingerprint density at radius 3 is 2.56 bits per heavy atom. The van der Waals surface area contributed by atoms with Gasteiger partial charge in [0.15, 0.2) is 0 Å². The fraction of sp³-hybridized carbons (Fsp3) is 0.500. The van der Waals surface area contributed by atoms with Gasteiger partial charge in [0.1, 0.15) is 5.82 Å². The Bertz CT molecular complexity index is 426. The Balaban J connectivity index is 1.96. The van der Waals surface area contributed by atoms with Crippen molar-refractivity contribution in [1.29, 1.82) is 0 Å². The van der Waals surface area contributed by atoms with Gasteiger partial charge in [0.2, 0.25) is 5.91 Å². The summed E-state index contributed by atoms with van der Waals surface area (Å²) in [7, 11) is 0. The third-order valence-electron chi connectivity index (χ3n) is 3.20. The molecule has 1 aromatic carbocycles. The van der Waals surface area contributed by atoms with E-state index in [4.69, 9.17) is 0 Å². The Morgan fingerprint density at radius 2 is 2.00 bits per heavy atom. The number of nitrogens with zero attached hydrogens (tertiary/aromatic N) is 2. The SMILES string of the molecule is CC(C)C(=O)N1CCN(c2cc[c]c(F)c2)CC1. The van der Waals surface area contributed by atoms with Crippen molar-refractivity contribution in [1.82, 2.24) is 4.90 Å². The minimum Gasteiger partial charge on any atom is -0.368 e. The molecule has 0 bridgehead atoms. The first kappa shape index (κ1) is 12.9. The van der Waals surface area contributed by atoms with Crippen LogP contribution in [-0.4, -0.2) is 37.0 Å². The smallest absolute Gasteiger partial charge is 0.225 e. The summed E-state index contributed by atoms with van der Waals surface area (Å²) in [5, 5.41) is 0. The van der Waals surface area contributed by atoms with E-state index in [1.807, 2.05) is 24.8 Å². The second-order valence-electron chi connectivity index (χ2n) is 4.86. The van der Waals surface area contributed by atoms with Crippen LogP contribution in [0.2, 0.25) is 0 Å². The first-order valence-electron chi connectivity index (χ1n) is 6.29. The molecule has 0 N–H and O–H groups in total. The highest BCUT2D eigenvalue weighted by molar-refractivity contribution is 5.78. The highest BCUT2D eigenvalue weighted by atomic mass is 19.1. The van der Waals surface area contributed by atoms with Gasteiger partial charge < -0.3 is 9.80 Å². The van der Waals surface area contributed by atoms with Crippen molar-refractivity contribution in [2.24, 2.45) is 5.92 Å². The normalized spacial score (nSPS) is 16.2.